The van der Waals surface area contributed by atoms with Gasteiger partial charge in [0.2, 0.25) is 0 Å². The first-order valence-electron chi connectivity index (χ1n) is 14.0. The van der Waals surface area contributed by atoms with Crippen LogP contribution in [0.4, 0.5) is 5.69 Å². The van der Waals surface area contributed by atoms with Crippen LogP contribution >= 0.6 is 0 Å². The van der Waals surface area contributed by atoms with Crippen LogP contribution < -0.4 is 29.6 Å². The van der Waals surface area contributed by atoms with Gasteiger partial charge in [-0.1, -0.05) is 24.3 Å². The minimum atomic E-state index is -0.596. The highest BCUT2D eigenvalue weighted by Gasteiger charge is 2.42. The van der Waals surface area contributed by atoms with Gasteiger partial charge in [0.25, 0.3) is 5.91 Å². The number of carbonyl (C=O) groups excluding carboxylic acids is 2. The number of ether oxygens (including phenoxy) is 4. The quantitative estimate of drug-likeness (QED) is 0.322. The van der Waals surface area contributed by atoms with Gasteiger partial charge in [0, 0.05) is 40.2 Å². The lowest BCUT2D eigenvalue weighted by Gasteiger charge is -2.37. The largest absolute Gasteiger partial charge is 0.497 e. The van der Waals surface area contributed by atoms with E-state index in [-0.39, 0.29) is 17.6 Å². The number of rotatable bonds is 9. The van der Waals surface area contributed by atoms with E-state index in [0.717, 1.165) is 16.8 Å². The Morgan fingerprint density at radius 1 is 0.905 bits per heavy atom. The number of dihydropyridines is 1. The molecule has 0 spiro atoms. The Morgan fingerprint density at radius 2 is 1.64 bits per heavy atom. The van der Waals surface area contributed by atoms with Crippen molar-refractivity contribution in [3.63, 3.8) is 0 Å². The molecule has 0 saturated heterocycles. The maximum absolute atomic E-state index is 14.1. The Labute approximate surface area is 246 Å². The third kappa shape index (κ3) is 5.57. The van der Waals surface area contributed by atoms with Gasteiger partial charge in [-0.3, -0.25) is 9.59 Å². The van der Waals surface area contributed by atoms with Crippen molar-refractivity contribution in [1.29, 1.82) is 0 Å². The first-order valence-corrected chi connectivity index (χ1v) is 14.0. The van der Waals surface area contributed by atoms with Crippen LogP contribution in [-0.2, 0) is 9.59 Å². The molecule has 0 radical (unpaired) electrons. The van der Waals surface area contributed by atoms with Crippen molar-refractivity contribution in [3.05, 3.63) is 100 Å². The number of allylic oxidation sites excluding steroid dienone is 3. The van der Waals surface area contributed by atoms with Crippen molar-refractivity contribution in [1.82, 2.24) is 5.32 Å². The van der Waals surface area contributed by atoms with Gasteiger partial charge in [-0.2, -0.15) is 0 Å². The second kappa shape index (κ2) is 12.4. The van der Waals surface area contributed by atoms with Crippen LogP contribution in [-0.4, -0.2) is 39.6 Å². The number of hydrogen-bond donors (Lipinski definition) is 2. The number of nitrogens with one attached hydrogen (secondary N) is 2. The summed E-state index contributed by atoms with van der Waals surface area (Å²) in [5.74, 6) is 1.64. The van der Waals surface area contributed by atoms with Crippen molar-refractivity contribution in [2.45, 2.75) is 38.5 Å². The van der Waals surface area contributed by atoms with Crippen molar-refractivity contribution in [3.8, 4) is 23.0 Å². The molecule has 1 aliphatic carbocycles. The molecule has 42 heavy (non-hydrogen) atoms. The third-order valence-electron chi connectivity index (χ3n) is 7.83. The first kappa shape index (κ1) is 28.8. The monoisotopic (exact) mass is 568 g/mol. The molecule has 0 fully saturated rings. The molecular formula is C34H36N2O6. The van der Waals surface area contributed by atoms with E-state index in [1.807, 2.05) is 56.3 Å². The molecule has 0 saturated carbocycles. The van der Waals surface area contributed by atoms with Gasteiger partial charge in [0.05, 0.1) is 33.9 Å². The lowest BCUT2D eigenvalue weighted by atomic mass is 9.71. The van der Waals surface area contributed by atoms with Gasteiger partial charge in [-0.25, -0.2) is 0 Å². The summed E-state index contributed by atoms with van der Waals surface area (Å²) < 4.78 is 22.2. The van der Waals surface area contributed by atoms with Crippen molar-refractivity contribution in [2.24, 2.45) is 0 Å². The number of methoxy groups -OCH3 is 3. The minimum Gasteiger partial charge on any atom is -0.497 e. The first-order chi connectivity index (χ1) is 20.4. The second-order valence-electron chi connectivity index (χ2n) is 10.3. The van der Waals surface area contributed by atoms with Crippen LogP contribution in [0.15, 0.2) is 89.3 Å². The summed E-state index contributed by atoms with van der Waals surface area (Å²) in [6.45, 7) is 4.26. The Bertz CT molecular complexity index is 1560. The average molecular weight is 569 g/mol. The zero-order chi connectivity index (χ0) is 29.8. The van der Waals surface area contributed by atoms with Gasteiger partial charge in [0.15, 0.2) is 17.3 Å². The number of amides is 1. The van der Waals surface area contributed by atoms with Crippen molar-refractivity contribution < 1.29 is 28.5 Å². The predicted octanol–water partition coefficient (Wildman–Crippen LogP) is 6.11. The zero-order valence-electron chi connectivity index (χ0n) is 24.6. The van der Waals surface area contributed by atoms with E-state index in [4.69, 9.17) is 18.9 Å². The Balaban J connectivity index is 1.56. The molecule has 1 heterocycles. The highest BCUT2D eigenvalue weighted by molar-refractivity contribution is 6.10. The van der Waals surface area contributed by atoms with Gasteiger partial charge in [-0.15, -0.1) is 0 Å². The van der Waals surface area contributed by atoms with Crippen LogP contribution in [0.25, 0.3) is 0 Å². The lowest BCUT2D eigenvalue weighted by Crippen LogP contribution is -2.37. The number of benzene rings is 3. The minimum absolute atomic E-state index is 0.0120. The summed E-state index contributed by atoms with van der Waals surface area (Å²) in [5.41, 5.74) is 4.99. The van der Waals surface area contributed by atoms with Crippen molar-refractivity contribution >= 4 is 17.4 Å². The Morgan fingerprint density at radius 3 is 2.33 bits per heavy atom. The number of anilines is 1. The standard InChI is InChI=1S/C34H36N2O6/c1-6-42-28-10-8-7-9-25(28)32-31(34(38)36-23-12-14-24(39-3)15-13-23)20(2)35-26-17-22(18-27(37)33(26)32)21-11-16-29(40-4)30(19-21)41-5/h7-16,19,22,32,35H,6,17-18H2,1-5H3,(H,36,38). The number of hydrogen-bond acceptors (Lipinski definition) is 7. The van der Waals surface area contributed by atoms with E-state index < -0.39 is 5.92 Å². The molecule has 5 rings (SSSR count). The Kier molecular flexibility index (Phi) is 8.52. The van der Waals surface area contributed by atoms with E-state index in [9.17, 15) is 9.59 Å². The summed E-state index contributed by atoms with van der Waals surface area (Å²) in [6.07, 6.45) is 0.907. The molecule has 2 unspecified atom stereocenters. The van der Waals surface area contributed by atoms with Crippen molar-refractivity contribution in [2.75, 3.05) is 33.3 Å². The smallest absolute Gasteiger partial charge is 0.254 e. The lowest BCUT2D eigenvalue weighted by molar-refractivity contribution is -0.116. The van der Waals surface area contributed by atoms with E-state index in [0.29, 0.717) is 65.0 Å². The second-order valence-corrected chi connectivity index (χ2v) is 10.3. The molecule has 0 bridgehead atoms. The van der Waals surface area contributed by atoms with Gasteiger partial charge < -0.3 is 29.6 Å². The van der Waals surface area contributed by atoms with Crippen LogP contribution in [0.5, 0.6) is 23.0 Å². The van der Waals surface area contributed by atoms with Crippen LogP contribution in [0.1, 0.15) is 49.7 Å². The molecule has 3 aromatic carbocycles. The number of Topliss-reactive ketones (excluding diaryl/α,β-unsaturated/α-hetero) is 1. The SMILES string of the molecule is CCOc1ccccc1C1C(C(=O)Nc2ccc(OC)cc2)=C(C)NC2=C1C(=O)CC(c1ccc(OC)c(OC)c1)C2. The fourth-order valence-corrected chi connectivity index (χ4v) is 5.87. The van der Waals surface area contributed by atoms with E-state index >= 15 is 0 Å². The topological polar surface area (TPSA) is 95.1 Å². The normalized spacial score (nSPS) is 18.2. The molecule has 2 aliphatic rings. The fraction of sp³-hybridized carbons (Fsp3) is 0.294. The number of carbonyl (C=O) groups is 2. The summed E-state index contributed by atoms with van der Waals surface area (Å²) >= 11 is 0. The molecular weight excluding hydrogens is 532 g/mol. The maximum atomic E-state index is 14.1. The molecule has 1 amide bonds. The summed E-state index contributed by atoms with van der Waals surface area (Å²) in [5, 5.41) is 6.47. The molecule has 218 valence electrons. The summed E-state index contributed by atoms with van der Waals surface area (Å²) in [4.78, 5) is 28.0. The van der Waals surface area contributed by atoms with E-state index in [1.165, 1.54) is 0 Å². The summed E-state index contributed by atoms with van der Waals surface area (Å²) in [6, 6.07) is 20.6. The predicted molar refractivity (Wildman–Crippen MR) is 161 cm³/mol. The van der Waals surface area contributed by atoms with Crippen LogP contribution in [0.2, 0.25) is 0 Å². The maximum Gasteiger partial charge on any atom is 0.254 e. The fourth-order valence-electron chi connectivity index (χ4n) is 5.87. The third-order valence-corrected chi connectivity index (χ3v) is 7.83. The zero-order valence-corrected chi connectivity index (χ0v) is 24.6. The van der Waals surface area contributed by atoms with E-state index in [2.05, 4.69) is 10.6 Å². The molecule has 8 nitrogen and oxygen atoms in total. The molecule has 3 aromatic rings. The van der Waals surface area contributed by atoms with Crippen LogP contribution in [0, 0.1) is 0 Å². The number of ketones is 1. The molecule has 0 aromatic heterocycles. The average Bonchev–Trinajstić information content (AvgIpc) is 3.00. The Hall–Kier alpha value is -4.72. The highest BCUT2D eigenvalue weighted by Crippen LogP contribution is 2.48. The van der Waals surface area contributed by atoms with Crippen LogP contribution in [0.3, 0.4) is 0 Å². The van der Waals surface area contributed by atoms with Gasteiger partial charge >= 0.3 is 0 Å². The molecule has 1 aliphatic heterocycles. The van der Waals surface area contributed by atoms with Gasteiger partial charge in [0.1, 0.15) is 11.5 Å². The molecule has 2 N–H and O–H groups in total. The van der Waals surface area contributed by atoms with E-state index in [1.54, 1.807) is 45.6 Å². The van der Waals surface area contributed by atoms with Gasteiger partial charge in [-0.05, 0) is 74.2 Å². The highest BCUT2D eigenvalue weighted by atomic mass is 16.5. The number of para-hydroxylation sites is 1. The molecule has 2 atom stereocenters. The molecule has 8 heteroatoms. The summed E-state index contributed by atoms with van der Waals surface area (Å²) in [7, 11) is 4.80.